The number of ether oxygens (including phenoxy) is 3. The van der Waals surface area contributed by atoms with E-state index in [-0.39, 0.29) is 12.6 Å². The Morgan fingerprint density at radius 1 is 1.35 bits per heavy atom. The van der Waals surface area contributed by atoms with Gasteiger partial charge in [-0.05, 0) is 24.3 Å². The van der Waals surface area contributed by atoms with Crippen molar-refractivity contribution in [3.63, 3.8) is 0 Å². The molecule has 2 amide bonds. The van der Waals surface area contributed by atoms with Crippen LogP contribution in [0.2, 0.25) is 0 Å². The second-order valence-corrected chi connectivity index (χ2v) is 4.78. The lowest BCUT2D eigenvalue weighted by molar-refractivity contribution is -0.160. The van der Waals surface area contributed by atoms with Gasteiger partial charge in [0.1, 0.15) is 5.75 Å². The van der Waals surface area contributed by atoms with Gasteiger partial charge in [-0.25, -0.2) is 4.79 Å². The third kappa shape index (κ3) is 3.36. The topological polar surface area (TPSA) is 68.8 Å². The SMILES string of the molecule is COc1ccc(C2(CNC(=O)NSC)OCCO2)cc1. The number of methoxy groups -OCH3 is 1. The van der Waals surface area contributed by atoms with Gasteiger partial charge < -0.3 is 19.5 Å². The molecule has 110 valence electrons. The van der Waals surface area contributed by atoms with Crippen LogP contribution < -0.4 is 14.8 Å². The number of amides is 2. The Morgan fingerprint density at radius 2 is 2.00 bits per heavy atom. The highest BCUT2D eigenvalue weighted by Crippen LogP contribution is 2.31. The fourth-order valence-corrected chi connectivity index (χ4v) is 2.25. The van der Waals surface area contributed by atoms with E-state index in [4.69, 9.17) is 14.2 Å². The minimum Gasteiger partial charge on any atom is -0.497 e. The van der Waals surface area contributed by atoms with Crippen molar-refractivity contribution in [2.75, 3.05) is 33.1 Å². The van der Waals surface area contributed by atoms with Crippen molar-refractivity contribution in [1.29, 1.82) is 0 Å². The summed E-state index contributed by atoms with van der Waals surface area (Å²) in [7, 11) is 1.61. The van der Waals surface area contributed by atoms with Gasteiger partial charge in [0.15, 0.2) is 0 Å². The molecule has 0 aliphatic carbocycles. The summed E-state index contributed by atoms with van der Waals surface area (Å²) in [4.78, 5) is 11.5. The lowest BCUT2D eigenvalue weighted by Crippen LogP contribution is -2.44. The van der Waals surface area contributed by atoms with E-state index in [2.05, 4.69) is 10.0 Å². The van der Waals surface area contributed by atoms with Crippen LogP contribution in [0.1, 0.15) is 5.56 Å². The molecular weight excluding hydrogens is 280 g/mol. The Kier molecular flexibility index (Phi) is 5.11. The summed E-state index contributed by atoms with van der Waals surface area (Å²) < 4.78 is 19.2. The molecule has 20 heavy (non-hydrogen) atoms. The van der Waals surface area contributed by atoms with Crippen LogP contribution in [0.4, 0.5) is 4.79 Å². The molecule has 0 atom stereocenters. The normalized spacial score (nSPS) is 16.7. The second kappa shape index (κ2) is 6.83. The Morgan fingerprint density at radius 3 is 2.55 bits per heavy atom. The zero-order valence-corrected chi connectivity index (χ0v) is 12.3. The maximum Gasteiger partial charge on any atom is 0.324 e. The van der Waals surface area contributed by atoms with Gasteiger partial charge in [0.05, 0.1) is 26.9 Å². The Hall–Kier alpha value is -1.44. The number of rotatable bonds is 5. The maximum absolute atomic E-state index is 11.5. The zero-order valence-electron chi connectivity index (χ0n) is 11.5. The molecule has 0 aromatic heterocycles. The highest BCUT2D eigenvalue weighted by molar-refractivity contribution is 7.97. The Balaban J connectivity index is 2.10. The summed E-state index contributed by atoms with van der Waals surface area (Å²) in [6, 6.07) is 7.15. The predicted molar refractivity (Wildman–Crippen MR) is 76.6 cm³/mol. The van der Waals surface area contributed by atoms with Crippen LogP contribution in [0.5, 0.6) is 5.75 Å². The Labute approximate surface area is 122 Å². The number of carbonyl (C=O) groups is 1. The van der Waals surface area contributed by atoms with Crippen LogP contribution in [0, 0.1) is 0 Å². The molecule has 7 heteroatoms. The predicted octanol–water partition coefficient (Wildman–Crippen LogP) is 1.47. The van der Waals surface area contributed by atoms with E-state index in [0.29, 0.717) is 13.2 Å². The molecule has 2 rings (SSSR count). The molecule has 0 bridgehead atoms. The van der Waals surface area contributed by atoms with E-state index in [1.807, 2.05) is 24.3 Å². The lowest BCUT2D eigenvalue weighted by atomic mass is 10.1. The van der Waals surface area contributed by atoms with Gasteiger partial charge in [0.25, 0.3) is 0 Å². The van der Waals surface area contributed by atoms with Crippen molar-refractivity contribution in [2.45, 2.75) is 5.79 Å². The van der Waals surface area contributed by atoms with E-state index in [1.165, 1.54) is 11.9 Å². The van der Waals surface area contributed by atoms with E-state index in [9.17, 15) is 4.79 Å². The summed E-state index contributed by atoms with van der Waals surface area (Å²) in [5.41, 5.74) is 0.847. The minimum absolute atomic E-state index is 0.242. The molecule has 1 aliphatic rings. The molecule has 0 unspecified atom stereocenters. The van der Waals surface area contributed by atoms with Gasteiger partial charge in [0.2, 0.25) is 5.79 Å². The van der Waals surface area contributed by atoms with Crippen LogP contribution >= 0.6 is 11.9 Å². The maximum atomic E-state index is 11.5. The molecule has 1 heterocycles. The van der Waals surface area contributed by atoms with Crippen molar-refractivity contribution < 1.29 is 19.0 Å². The summed E-state index contributed by atoms with van der Waals surface area (Å²) in [5, 5.41) is 2.74. The van der Waals surface area contributed by atoms with Gasteiger partial charge in [-0.3, -0.25) is 4.72 Å². The van der Waals surface area contributed by atoms with Gasteiger partial charge in [-0.15, -0.1) is 0 Å². The first-order chi connectivity index (χ1) is 9.70. The summed E-state index contributed by atoms with van der Waals surface area (Å²) in [5.74, 6) is -0.169. The second-order valence-electron chi connectivity index (χ2n) is 4.17. The van der Waals surface area contributed by atoms with E-state index in [1.54, 1.807) is 13.4 Å². The largest absolute Gasteiger partial charge is 0.497 e. The van der Waals surface area contributed by atoms with Crippen LogP contribution in [-0.2, 0) is 15.3 Å². The summed E-state index contributed by atoms with van der Waals surface area (Å²) in [6.45, 7) is 1.24. The third-order valence-electron chi connectivity index (χ3n) is 2.96. The van der Waals surface area contributed by atoms with Crippen molar-refractivity contribution >= 4 is 18.0 Å². The van der Waals surface area contributed by atoms with Gasteiger partial charge >= 0.3 is 6.03 Å². The van der Waals surface area contributed by atoms with Gasteiger partial charge in [0, 0.05) is 11.8 Å². The first-order valence-corrected chi connectivity index (χ1v) is 7.42. The van der Waals surface area contributed by atoms with Crippen molar-refractivity contribution in [1.82, 2.24) is 10.0 Å². The molecule has 0 radical (unpaired) electrons. The van der Waals surface area contributed by atoms with Crippen molar-refractivity contribution in [3.05, 3.63) is 29.8 Å². The fraction of sp³-hybridized carbons (Fsp3) is 0.462. The van der Waals surface area contributed by atoms with Gasteiger partial charge in [-0.2, -0.15) is 0 Å². The highest BCUT2D eigenvalue weighted by Gasteiger charge is 2.39. The van der Waals surface area contributed by atoms with E-state index in [0.717, 1.165) is 11.3 Å². The molecule has 1 saturated heterocycles. The average Bonchev–Trinajstić information content (AvgIpc) is 2.96. The minimum atomic E-state index is -0.929. The number of carbonyl (C=O) groups excluding carboxylic acids is 1. The van der Waals surface area contributed by atoms with Crippen LogP contribution in [-0.4, -0.2) is 39.2 Å². The lowest BCUT2D eigenvalue weighted by Gasteiger charge is -2.28. The summed E-state index contributed by atoms with van der Waals surface area (Å²) in [6.07, 6.45) is 1.78. The third-order valence-corrected chi connectivity index (χ3v) is 3.35. The van der Waals surface area contributed by atoms with Gasteiger partial charge in [-0.1, -0.05) is 11.9 Å². The first kappa shape index (κ1) is 15.0. The molecule has 1 aromatic rings. The molecule has 0 saturated carbocycles. The molecule has 0 spiro atoms. The van der Waals surface area contributed by atoms with Crippen LogP contribution in [0.15, 0.2) is 24.3 Å². The standard InChI is InChI=1S/C13H18N2O4S/c1-17-11-5-3-10(4-6-11)13(18-7-8-19-13)9-14-12(16)15-20-2/h3-6H,7-9H2,1-2H3,(H2,14,15,16). The van der Waals surface area contributed by atoms with E-state index < -0.39 is 5.79 Å². The summed E-state index contributed by atoms with van der Waals surface area (Å²) >= 11 is 1.23. The number of nitrogens with one attached hydrogen (secondary N) is 2. The molecule has 1 aromatic carbocycles. The number of urea groups is 1. The first-order valence-electron chi connectivity index (χ1n) is 6.19. The smallest absolute Gasteiger partial charge is 0.324 e. The number of hydrogen-bond acceptors (Lipinski definition) is 5. The quantitative estimate of drug-likeness (QED) is 0.806. The molecule has 1 fully saturated rings. The van der Waals surface area contributed by atoms with Crippen LogP contribution in [0.3, 0.4) is 0 Å². The average molecular weight is 298 g/mol. The molecule has 6 nitrogen and oxygen atoms in total. The molecular formula is C13H18N2O4S. The Bertz CT molecular complexity index is 446. The van der Waals surface area contributed by atoms with Crippen LogP contribution in [0.25, 0.3) is 0 Å². The number of hydrogen-bond donors (Lipinski definition) is 2. The molecule has 2 N–H and O–H groups in total. The zero-order chi connectivity index (χ0) is 14.4. The van der Waals surface area contributed by atoms with Crippen molar-refractivity contribution in [3.8, 4) is 5.75 Å². The van der Waals surface area contributed by atoms with E-state index >= 15 is 0 Å². The van der Waals surface area contributed by atoms with Crippen molar-refractivity contribution in [2.24, 2.45) is 0 Å². The molecule has 1 aliphatic heterocycles. The highest BCUT2D eigenvalue weighted by atomic mass is 32.2. The fourth-order valence-electron chi connectivity index (χ4n) is 2.00. The monoisotopic (exact) mass is 298 g/mol. The number of benzene rings is 1.